The van der Waals surface area contributed by atoms with Gasteiger partial charge in [-0.25, -0.2) is 0 Å². The van der Waals surface area contributed by atoms with E-state index in [2.05, 4.69) is 15.1 Å². The first-order valence-corrected chi connectivity index (χ1v) is 8.05. The van der Waals surface area contributed by atoms with Crippen molar-refractivity contribution in [1.29, 1.82) is 0 Å². The number of carboxylic acids is 1. The zero-order valence-corrected chi connectivity index (χ0v) is 12.5. The maximum atomic E-state index is 11.5. The molecule has 20 heavy (non-hydrogen) atoms. The van der Waals surface area contributed by atoms with E-state index >= 15 is 0 Å². The molecule has 0 amide bonds. The van der Waals surface area contributed by atoms with Crippen molar-refractivity contribution in [3.8, 4) is 0 Å². The highest BCUT2D eigenvalue weighted by Crippen LogP contribution is 2.35. The minimum Gasteiger partial charge on any atom is -0.480 e. The van der Waals surface area contributed by atoms with E-state index in [9.17, 15) is 9.90 Å². The summed E-state index contributed by atoms with van der Waals surface area (Å²) >= 11 is 0. The molecule has 0 radical (unpaired) electrons. The van der Waals surface area contributed by atoms with Crippen LogP contribution in [-0.4, -0.2) is 71.7 Å². The van der Waals surface area contributed by atoms with E-state index in [0.717, 1.165) is 32.4 Å². The summed E-state index contributed by atoms with van der Waals surface area (Å²) in [5.41, 5.74) is -0.684. The Morgan fingerprint density at radius 3 is 2.50 bits per heavy atom. The summed E-state index contributed by atoms with van der Waals surface area (Å²) in [6, 6.07) is 1.16. The molecule has 3 aliphatic rings. The SMILES string of the molecule is CNC1(C(=O)O)CCC(N2CCC(N3CCCC3)C2)C1. The molecule has 0 aromatic heterocycles. The van der Waals surface area contributed by atoms with Crippen LogP contribution in [0.1, 0.15) is 38.5 Å². The van der Waals surface area contributed by atoms with Crippen LogP contribution in [0.3, 0.4) is 0 Å². The molecule has 3 rings (SSSR count). The first-order valence-electron chi connectivity index (χ1n) is 8.05. The minimum atomic E-state index is -0.684. The molecule has 2 saturated heterocycles. The molecule has 2 heterocycles. The zero-order chi connectivity index (χ0) is 14.2. The summed E-state index contributed by atoms with van der Waals surface area (Å²) < 4.78 is 0. The normalized spacial score (nSPS) is 39.6. The number of aliphatic carboxylic acids is 1. The fourth-order valence-corrected chi connectivity index (χ4v) is 4.36. The highest BCUT2D eigenvalue weighted by atomic mass is 16.4. The molecule has 1 saturated carbocycles. The summed E-state index contributed by atoms with van der Waals surface area (Å²) in [6.07, 6.45) is 6.49. The lowest BCUT2D eigenvalue weighted by Gasteiger charge is -2.29. The molecule has 0 aromatic carbocycles. The van der Waals surface area contributed by atoms with Gasteiger partial charge in [0.05, 0.1) is 0 Å². The smallest absolute Gasteiger partial charge is 0.323 e. The van der Waals surface area contributed by atoms with Crippen molar-refractivity contribution < 1.29 is 9.90 Å². The van der Waals surface area contributed by atoms with Crippen molar-refractivity contribution in [2.24, 2.45) is 0 Å². The maximum Gasteiger partial charge on any atom is 0.323 e. The van der Waals surface area contributed by atoms with Crippen molar-refractivity contribution in [2.75, 3.05) is 33.2 Å². The molecule has 114 valence electrons. The number of likely N-dealkylation sites (N-methyl/N-ethyl adjacent to an activating group) is 1. The first-order chi connectivity index (χ1) is 9.64. The summed E-state index contributed by atoms with van der Waals surface area (Å²) in [4.78, 5) is 16.7. The van der Waals surface area contributed by atoms with Gasteiger partial charge in [0.1, 0.15) is 5.54 Å². The Bertz CT molecular complexity index is 370. The Morgan fingerprint density at radius 1 is 1.15 bits per heavy atom. The van der Waals surface area contributed by atoms with Crippen LogP contribution in [-0.2, 0) is 4.79 Å². The van der Waals surface area contributed by atoms with Gasteiger partial charge in [-0.2, -0.15) is 0 Å². The van der Waals surface area contributed by atoms with E-state index in [4.69, 9.17) is 0 Å². The molecule has 5 nitrogen and oxygen atoms in total. The van der Waals surface area contributed by atoms with Gasteiger partial charge in [0.25, 0.3) is 0 Å². The number of nitrogens with one attached hydrogen (secondary N) is 1. The van der Waals surface area contributed by atoms with E-state index in [1.165, 1.54) is 32.4 Å². The fourth-order valence-electron chi connectivity index (χ4n) is 4.36. The van der Waals surface area contributed by atoms with Crippen LogP contribution in [0, 0.1) is 0 Å². The number of carboxylic acid groups (broad SMARTS) is 1. The molecular weight excluding hydrogens is 254 g/mol. The molecule has 1 aliphatic carbocycles. The minimum absolute atomic E-state index is 0.450. The lowest BCUT2D eigenvalue weighted by molar-refractivity contribution is -0.144. The third kappa shape index (κ3) is 2.47. The Labute approximate surface area is 121 Å². The van der Waals surface area contributed by atoms with Crippen LogP contribution in [0.15, 0.2) is 0 Å². The van der Waals surface area contributed by atoms with Gasteiger partial charge < -0.3 is 10.4 Å². The van der Waals surface area contributed by atoms with Gasteiger partial charge in [0, 0.05) is 25.2 Å². The predicted octanol–water partition coefficient (Wildman–Crippen LogP) is 0.752. The van der Waals surface area contributed by atoms with Crippen LogP contribution in [0.25, 0.3) is 0 Å². The summed E-state index contributed by atoms with van der Waals surface area (Å²) in [5, 5.41) is 12.5. The van der Waals surface area contributed by atoms with E-state index in [1.807, 2.05) is 0 Å². The molecule has 3 fully saturated rings. The van der Waals surface area contributed by atoms with Gasteiger partial charge in [-0.15, -0.1) is 0 Å². The average Bonchev–Trinajstić information content (AvgIpc) is 3.18. The average molecular weight is 281 g/mol. The van der Waals surface area contributed by atoms with E-state index < -0.39 is 11.5 Å². The molecule has 3 unspecified atom stereocenters. The zero-order valence-electron chi connectivity index (χ0n) is 12.5. The van der Waals surface area contributed by atoms with Gasteiger partial charge in [-0.1, -0.05) is 0 Å². The van der Waals surface area contributed by atoms with Gasteiger partial charge in [0.2, 0.25) is 0 Å². The van der Waals surface area contributed by atoms with Crippen molar-refractivity contribution in [3.05, 3.63) is 0 Å². The van der Waals surface area contributed by atoms with Crippen LogP contribution in [0.5, 0.6) is 0 Å². The number of hydrogen-bond donors (Lipinski definition) is 2. The van der Waals surface area contributed by atoms with E-state index in [-0.39, 0.29) is 0 Å². The Balaban J connectivity index is 1.57. The summed E-state index contributed by atoms with van der Waals surface area (Å²) in [6.45, 7) is 4.81. The van der Waals surface area contributed by atoms with Crippen LogP contribution >= 0.6 is 0 Å². The highest BCUT2D eigenvalue weighted by Gasteiger charge is 2.47. The van der Waals surface area contributed by atoms with Crippen molar-refractivity contribution in [1.82, 2.24) is 15.1 Å². The van der Waals surface area contributed by atoms with E-state index in [1.54, 1.807) is 7.05 Å². The summed E-state index contributed by atoms with van der Waals surface area (Å²) in [5.74, 6) is -0.683. The van der Waals surface area contributed by atoms with Crippen molar-refractivity contribution >= 4 is 5.97 Å². The molecule has 3 atom stereocenters. The number of rotatable bonds is 4. The van der Waals surface area contributed by atoms with Gasteiger partial charge in [-0.3, -0.25) is 14.6 Å². The lowest BCUT2D eigenvalue weighted by Crippen LogP contribution is -2.49. The van der Waals surface area contributed by atoms with E-state index in [0.29, 0.717) is 12.1 Å². The highest BCUT2D eigenvalue weighted by molar-refractivity contribution is 5.79. The van der Waals surface area contributed by atoms with Crippen LogP contribution in [0.2, 0.25) is 0 Å². The fraction of sp³-hybridized carbons (Fsp3) is 0.933. The van der Waals surface area contributed by atoms with Gasteiger partial charge in [0.15, 0.2) is 0 Å². The van der Waals surface area contributed by atoms with Crippen molar-refractivity contribution in [2.45, 2.75) is 56.1 Å². The van der Waals surface area contributed by atoms with Crippen LogP contribution in [0.4, 0.5) is 0 Å². The first kappa shape index (κ1) is 14.3. The number of likely N-dealkylation sites (tertiary alicyclic amines) is 2. The largest absolute Gasteiger partial charge is 0.480 e. The van der Waals surface area contributed by atoms with Gasteiger partial charge in [-0.05, 0) is 58.7 Å². The molecule has 5 heteroatoms. The summed E-state index contributed by atoms with van der Waals surface area (Å²) in [7, 11) is 1.79. The van der Waals surface area contributed by atoms with Crippen molar-refractivity contribution in [3.63, 3.8) is 0 Å². The topological polar surface area (TPSA) is 55.8 Å². The maximum absolute atomic E-state index is 11.5. The Hall–Kier alpha value is -0.650. The molecule has 2 N–H and O–H groups in total. The molecule has 0 spiro atoms. The third-order valence-electron chi connectivity index (χ3n) is 5.74. The van der Waals surface area contributed by atoms with Gasteiger partial charge >= 0.3 is 5.97 Å². The molecular formula is C15H27N3O2. The number of hydrogen-bond acceptors (Lipinski definition) is 4. The molecule has 0 aromatic rings. The molecule has 0 bridgehead atoms. The third-order valence-corrected chi connectivity index (χ3v) is 5.74. The second kappa shape index (κ2) is 5.62. The number of carbonyl (C=O) groups is 1. The second-order valence-electron chi connectivity index (χ2n) is 6.71. The quantitative estimate of drug-likeness (QED) is 0.796. The van der Waals surface area contributed by atoms with Crippen LogP contribution < -0.4 is 5.32 Å². The number of nitrogens with zero attached hydrogens (tertiary/aromatic N) is 2. The lowest BCUT2D eigenvalue weighted by atomic mass is 9.98. The standard InChI is InChI=1S/C15H27N3O2/c1-16-15(14(19)20)6-4-12(10-15)18-9-5-13(11-18)17-7-2-3-8-17/h12-13,16H,2-11H2,1H3,(H,19,20). The Morgan fingerprint density at radius 2 is 1.90 bits per heavy atom. The second-order valence-corrected chi connectivity index (χ2v) is 6.71. The predicted molar refractivity (Wildman–Crippen MR) is 77.9 cm³/mol. The Kier molecular flexibility index (Phi) is 4.02. The monoisotopic (exact) mass is 281 g/mol. The molecule has 2 aliphatic heterocycles.